The van der Waals surface area contributed by atoms with Crippen LogP contribution in [0, 0.1) is 0 Å². The van der Waals surface area contributed by atoms with Crippen molar-refractivity contribution in [3.8, 4) is 0 Å². The lowest BCUT2D eigenvalue weighted by Gasteiger charge is -2.41. The van der Waals surface area contributed by atoms with Crippen molar-refractivity contribution in [1.29, 1.82) is 0 Å². The van der Waals surface area contributed by atoms with Gasteiger partial charge >= 0.3 is 0 Å². The van der Waals surface area contributed by atoms with E-state index >= 15 is 0 Å². The average Bonchev–Trinajstić information content (AvgIpc) is 3.02. The number of hydrogen-bond donors (Lipinski definition) is 1. The maximum absolute atomic E-state index is 6.55. The van der Waals surface area contributed by atoms with Crippen molar-refractivity contribution in [3.63, 3.8) is 0 Å². The first-order valence-corrected chi connectivity index (χ1v) is 7.84. The van der Waals surface area contributed by atoms with Crippen LogP contribution in [0.25, 0.3) is 4.96 Å². The maximum Gasteiger partial charge on any atom is 0.193 e. The molecule has 5 heteroatoms. The number of hydrogen-bond acceptors (Lipinski definition) is 4. The van der Waals surface area contributed by atoms with Crippen LogP contribution in [-0.2, 0) is 6.42 Å². The van der Waals surface area contributed by atoms with Crippen LogP contribution in [-0.4, -0.2) is 40.0 Å². The fourth-order valence-corrected chi connectivity index (χ4v) is 4.15. The molecular formula is C14H22N4S. The van der Waals surface area contributed by atoms with Crippen LogP contribution in [0.2, 0.25) is 0 Å². The summed E-state index contributed by atoms with van der Waals surface area (Å²) in [6.07, 6.45) is 10.1. The van der Waals surface area contributed by atoms with Crippen molar-refractivity contribution in [2.45, 2.75) is 43.7 Å². The molecule has 0 aliphatic heterocycles. The average molecular weight is 278 g/mol. The van der Waals surface area contributed by atoms with E-state index in [1.54, 1.807) is 11.3 Å². The zero-order valence-corrected chi connectivity index (χ0v) is 12.5. The van der Waals surface area contributed by atoms with Crippen molar-refractivity contribution in [1.82, 2.24) is 14.3 Å². The van der Waals surface area contributed by atoms with Gasteiger partial charge in [-0.1, -0.05) is 12.8 Å². The summed E-state index contributed by atoms with van der Waals surface area (Å²) in [5.74, 6) is 0. The molecule has 1 unspecified atom stereocenters. The van der Waals surface area contributed by atoms with Gasteiger partial charge in [0.1, 0.15) is 0 Å². The van der Waals surface area contributed by atoms with Crippen molar-refractivity contribution in [2.75, 3.05) is 14.1 Å². The van der Waals surface area contributed by atoms with E-state index in [9.17, 15) is 0 Å². The molecule has 0 radical (unpaired) electrons. The SMILES string of the molecule is CN(C)C1(C(N)Cc2cn3ccsc3n2)CCCC1. The van der Waals surface area contributed by atoms with Gasteiger partial charge in [0, 0.05) is 35.8 Å². The summed E-state index contributed by atoms with van der Waals surface area (Å²) in [5.41, 5.74) is 7.83. The molecule has 4 nitrogen and oxygen atoms in total. The number of aromatic nitrogens is 2. The van der Waals surface area contributed by atoms with E-state index in [4.69, 9.17) is 5.73 Å². The van der Waals surface area contributed by atoms with Crippen molar-refractivity contribution in [2.24, 2.45) is 5.73 Å². The van der Waals surface area contributed by atoms with Gasteiger partial charge in [-0.15, -0.1) is 11.3 Å². The molecular weight excluding hydrogens is 256 g/mol. The van der Waals surface area contributed by atoms with E-state index in [1.807, 2.05) is 0 Å². The molecule has 104 valence electrons. The number of fused-ring (bicyclic) bond motifs is 1. The molecule has 0 amide bonds. The number of rotatable bonds is 4. The summed E-state index contributed by atoms with van der Waals surface area (Å²) >= 11 is 1.67. The molecule has 0 bridgehead atoms. The Morgan fingerprint density at radius 2 is 2.21 bits per heavy atom. The van der Waals surface area contributed by atoms with Gasteiger partial charge in [0.25, 0.3) is 0 Å². The summed E-state index contributed by atoms with van der Waals surface area (Å²) in [6, 6.07) is 0.162. The Morgan fingerprint density at radius 3 is 2.84 bits per heavy atom. The van der Waals surface area contributed by atoms with E-state index in [0.717, 1.165) is 17.1 Å². The molecule has 1 aliphatic carbocycles. The molecule has 2 heterocycles. The van der Waals surface area contributed by atoms with Gasteiger partial charge in [-0.05, 0) is 26.9 Å². The minimum absolute atomic E-state index is 0.162. The number of thiazole rings is 1. The predicted octanol–water partition coefficient (Wildman–Crippen LogP) is 2.14. The van der Waals surface area contributed by atoms with Gasteiger partial charge in [0.05, 0.1) is 5.69 Å². The van der Waals surface area contributed by atoms with Crippen LogP contribution < -0.4 is 5.73 Å². The molecule has 1 saturated carbocycles. The predicted molar refractivity (Wildman–Crippen MR) is 79.6 cm³/mol. The van der Waals surface area contributed by atoms with Crippen LogP contribution >= 0.6 is 11.3 Å². The fourth-order valence-electron chi connectivity index (χ4n) is 3.43. The summed E-state index contributed by atoms with van der Waals surface area (Å²) in [5, 5.41) is 2.06. The zero-order chi connectivity index (χ0) is 13.5. The van der Waals surface area contributed by atoms with Crippen LogP contribution in [0.5, 0.6) is 0 Å². The second kappa shape index (κ2) is 4.89. The summed E-state index contributed by atoms with van der Waals surface area (Å²) in [6.45, 7) is 0. The van der Waals surface area contributed by atoms with Crippen molar-refractivity contribution < 1.29 is 0 Å². The van der Waals surface area contributed by atoms with Crippen LogP contribution in [0.4, 0.5) is 0 Å². The minimum Gasteiger partial charge on any atom is -0.326 e. The van der Waals surface area contributed by atoms with E-state index in [1.165, 1.54) is 25.7 Å². The molecule has 1 fully saturated rings. The van der Waals surface area contributed by atoms with Gasteiger partial charge in [0.15, 0.2) is 4.96 Å². The van der Waals surface area contributed by atoms with Gasteiger partial charge < -0.3 is 10.6 Å². The molecule has 19 heavy (non-hydrogen) atoms. The van der Waals surface area contributed by atoms with E-state index in [0.29, 0.717) is 0 Å². The summed E-state index contributed by atoms with van der Waals surface area (Å²) < 4.78 is 2.09. The lowest BCUT2D eigenvalue weighted by molar-refractivity contribution is 0.122. The molecule has 2 aromatic rings. The topological polar surface area (TPSA) is 46.6 Å². The Kier molecular flexibility index (Phi) is 3.37. The first-order chi connectivity index (χ1) is 9.12. The third-order valence-corrected chi connectivity index (χ3v) is 5.39. The van der Waals surface area contributed by atoms with Crippen molar-refractivity contribution in [3.05, 3.63) is 23.5 Å². The monoisotopic (exact) mass is 278 g/mol. The fraction of sp³-hybridized carbons (Fsp3) is 0.643. The second-order valence-electron chi connectivity index (χ2n) is 5.84. The van der Waals surface area contributed by atoms with E-state index < -0.39 is 0 Å². The minimum atomic E-state index is 0.162. The molecule has 0 aromatic carbocycles. The Bertz CT molecular complexity index is 522. The number of likely N-dealkylation sites (N-methyl/N-ethyl adjacent to an activating group) is 1. The molecule has 2 N–H and O–H groups in total. The number of nitrogens with zero attached hydrogens (tertiary/aromatic N) is 3. The highest BCUT2D eigenvalue weighted by Crippen LogP contribution is 2.36. The van der Waals surface area contributed by atoms with Gasteiger partial charge in [-0.25, -0.2) is 4.98 Å². The number of imidazole rings is 1. The third-order valence-electron chi connectivity index (χ3n) is 4.62. The first kappa shape index (κ1) is 13.1. The molecule has 2 aromatic heterocycles. The molecule has 3 rings (SSSR count). The highest BCUT2D eigenvalue weighted by molar-refractivity contribution is 7.15. The normalized spacial score (nSPS) is 20.4. The Hall–Kier alpha value is -0.910. The maximum atomic E-state index is 6.55. The Labute approximate surface area is 118 Å². The summed E-state index contributed by atoms with van der Waals surface area (Å²) in [7, 11) is 4.33. The van der Waals surface area contributed by atoms with Gasteiger partial charge in [-0.2, -0.15) is 0 Å². The van der Waals surface area contributed by atoms with E-state index in [-0.39, 0.29) is 11.6 Å². The standard InChI is InChI=1S/C14H22N4S/c1-17(2)14(5-3-4-6-14)12(15)9-11-10-18-7-8-19-13(18)16-11/h7-8,10,12H,3-6,9,15H2,1-2H3. The molecule has 1 aliphatic rings. The number of nitrogens with two attached hydrogens (primary N) is 1. The second-order valence-corrected chi connectivity index (χ2v) is 6.71. The molecule has 0 saturated heterocycles. The van der Waals surface area contributed by atoms with Crippen LogP contribution in [0.15, 0.2) is 17.8 Å². The Morgan fingerprint density at radius 1 is 1.47 bits per heavy atom. The van der Waals surface area contributed by atoms with Crippen molar-refractivity contribution >= 4 is 16.3 Å². The smallest absolute Gasteiger partial charge is 0.193 e. The van der Waals surface area contributed by atoms with Crippen LogP contribution in [0.3, 0.4) is 0 Å². The van der Waals surface area contributed by atoms with Gasteiger partial charge in [-0.3, -0.25) is 4.40 Å². The first-order valence-electron chi connectivity index (χ1n) is 6.96. The highest BCUT2D eigenvalue weighted by Gasteiger charge is 2.41. The lowest BCUT2D eigenvalue weighted by atomic mass is 9.85. The molecule has 1 atom stereocenters. The van der Waals surface area contributed by atoms with Gasteiger partial charge in [0.2, 0.25) is 0 Å². The Balaban J connectivity index is 1.79. The van der Waals surface area contributed by atoms with Crippen LogP contribution in [0.1, 0.15) is 31.4 Å². The quantitative estimate of drug-likeness (QED) is 0.932. The highest BCUT2D eigenvalue weighted by atomic mass is 32.1. The lowest BCUT2D eigenvalue weighted by Crippen LogP contribution is -2.56. The largest absolute Gasteiger partial charge is 0.326 e. The van der Waals surface area contributed by atoms with E-state index in [2.05, 4.69) is 46.2 Å². The third kappa shape index (κ3) is 2.20. The summed E-state index contributed by atoms with van der Waals surface area (Å²) in [4.78, 5) is 8.06. The molecule has 0 spiro atoms. The zero-order valence-electron chi connectivity index (χ0n) is 11.7.